The largest absolute Gasteiger partial charge is 0.465 e. The van der Waals surface area contributed by atoms with Gasteiger partial charge in [0.2, 0.25) is 0 Å². The van der Waals surface area contributed by atoms with Gasteiger partial charge in [-0.2, -0.15) is 10.5 Å². The van der Waals surface area contributed by atoms with E-state index in [9.17, 15) is 15.3 Å². The van der Waals surface area contributed by atoms with E-state index in [1.165, 1.54) is 4.90 Å². The molecule has 0 fully saturated rings. The molecule has 0 aromatic carbocycles. The minimum absolute atomic E-state index is 0.104. The Morgan fingerprint density at radius 2 is 2.05 bits per heavy atom. The van der Waals surface area contributed by atoms with Crippen molar-refractivity contribution in [3.8, 4) is 23.4 Å². The molecule has 3 heterocycles. The summed E-state index contributed by atoms with van der Waals surface area (Å²) in [6.07, 6.45) is 2.24. The Hall–Kier alpha value is -3.32. The predicted molar refractivity (Wildman–Crippen MR) is 75.5 cm³/mol. The van der Waals surface area contributed by atoms with Gasteiger partial charge < -0.3 is 14.6 Å². The normalized spacial score (nSPS) is 13.1. The molecule has 2 aromatic rings. The highest BCUT2D eigenvalue weighted by atomic mass is 16.4. The quantitative estimate of drug-likeness (QED) is 0.862. The van der Waals surface area contributed by atoms with Crippen molar-refractivity contribution in [1.82, 2.24) is 14.5 Å². The van der Waals surface area contributed by atoms with Crippen LogP contribution in [0.2, 0.25) is 0 Å². The third-order valence-electron chi connectivity index (χ3n) is 3.73. The molecule has 0 bridgehead atoms. The van der Waals surface area contributed by atoms with Gasteiger partial charge in [-0.3, -0.25) is 4.98 Å². The van der Waals surface area contributed by atoms with E-state index in [0.717, 1.165) is 5.56 Å². The van der Waals surface area contributed by atoms with Crippen molar-refractivity contribution in [3.05, 3.63) is 41.3 Å². The summed E-state index contributed by atoms with van der Waals surface area (Å²) in [5.41, 5.74) is 2.45. The average Bonchev–Trinajstić information content (AvgIpc) is 2.87. The van der Waals surface area contributed by atoms with Crippen LogP contribution in [0.25, 0.3) is 11.3 Å². The third-order valence-corrected chi connectivity index (χ3v) is 3.73. The van der Waals surface area contributed by atoms with Crippen molar-refractivity contribution in [2.45, 2.75) is 13.1 Å². The molecule has 7 heteroatoms. The number of rotatable bonds is 1. The molecule has 1 aliphatic heterocycles. The van der Waals surface area contributed by atoms with Crippen molar-refractivity contribution in [2.75, 3.05) is 6.54 Å². The van der Waals surface area contributed by atoms with Gasteiger partial charge in [-0.15, -0.1) is 0 Å². The summed E-state index contributed by atoms with van der Waals surface area (Å²) in [7, 11) is 0. The van der Waals surface area contributed by atoms with Crippen LogP contribution in [0.1, 0.15) is 16.8 Å². The van der Waals surface area contributed by atoms with Crippen LogP contribution in [0.15, 0.2) is 24.5 Å². The van der Waals surface area contributed by atoms with E-state index in [0.29, 0.717) is 24.5 Å². The van der Waals surface area contributed by atoms with Gasteiger partial charge in [0.1, 0.15) is 12.1 Å². The summed E-state index contributed by atoms with van der Waals surface area (Å²) in [6.45, 7) is 0.829. The van der Waals surface area contributed by atoms with Crippen LogP contribution in [0.5, 0.6) is 0 Å². The van der Waals surface area contributed by atoms with Crippen molar-refractivity contribution in [2.24, 2.45) is 0 Å². The molecule has 108 valence electrons. The maximum Gasteiger partial charge on any atom is 0.407 e. The Morgan fingerprint density at radius 1 is 1.27 bits per heavy atom. The number of fused-ring (bicyclic) bond motifs is 1. The Kier molecular flexibility index (Phi) is 3.24. The topological polar surface area (TPSA) is 106 Å². The zero-order chi connectivity index (χ0) is 15.7. The predicted octanol–water partition coefficient (Wildman–Crippen LogP) is 1.79. The van der Waals surface area contributed by atoms with Crippen molar-refractivity contribution < 1.29 is 9.90 Å². The average molecular weight is 293 g/mol. The van der Waals surface area contributed by atoms with Gasteiger partial charge in [0.05, 0.1) is 29.1 Å². The summed E-state index contributed by atoms with van der Waals surface area (Å²) in [4.78, 5) is 16.4. The Balaban J connectivity index is 2.24. The molecule has 0 aliphatic carbocycles. The molecule has 0 saturated carbocycles. The fraction of sp³-hybridized carbons (Fsp3) is 0.200. The molecule has 1 aliphatic rings. The summed E-state index contributed by atoms with van der Waals surface area (Å²) < 4.78 is 1.85. The smallest absolute Gasteiger partial charge is 0.407 e. The zero-order valence-corrected chi connectivity index (χ0v) is 11.5. The minimum atomic E-state index is -1.03. The highest BCUT2D eigenvalue weighted by Gasteiger charge is 2.29. The van der Waals surface area contributed by atoms with E-state index in [1.54, 1.807) is 18.5 Å². The lowest BCUT2D eigenvalue weighted by atomic mass is 10.1. The van der Waals surface area contributed by atoms with Gasteiger partial charge in [-0.25, -0.2) is 4.79 Å². The van der Waals surface area contributed by atoms with Gasteiger partial charge in [0, 0.05) is 31.0 Å². The monoisotopic (exact) mass is 293 g/mol. The van der Waals surface area contributed by atoms with E-state index in [2.05, 4.69) is 11.1 Å². The molecular formula is C15H11N5O2. The number of carbonyl (C=O) groups is 1. The standard InChI is InChI=1S/C15H11N5O2/c16-6-11-12(7-17)14(10-2-1-3-18-8-10)20-5-4-19(15(21)22)9-13(11)20/h1-3,8H,4-5,9H2,(H,21,22). The van der Waals surface area contributed by atoms with Crippen molar-refractivity contribution >= 4 is 6.09 Å². The highest BCUT2D eigenvalue weighted by molar-refractivity contribution is 5.74. The first-order valence-electron chi connectivity index (χ1n) is 6.61. The first-order chi connectivity index (χ1) is 10.7. The van der Waals surface area contributed by atoms with Gasteiger partial charge >= 0.3 is 6.09 Å². The Labute approximate surface area is 126 Å². The van der Waals surface area contributed by atoms with Crippen molar-refractivity contribution in [3.63, 3.8) is 0 Å². The number of aromatic nitrogens is 2. The second-order valence-corrected chi connectivity index (χ2v) is 4.87. The number of hydrogen-bond acceptors (Lipinski definition) is 4. The molecule has 0 radical (unpaired) electrons. The number of amides is 1. The number of nitrogens with zero attached hydrogens (tertiary/aromatic N) is 5. The molecule has 0 unspecified atom stereocenters. The Bertz CT molecular complexity index is 826. The molecular weight excluding hydrogens is 282 g/mol. The lowest BCUT2D eigenvalue weighted by Crippen LogP contribution is -2.37. The van der Waals surface area contributed by atoms with Crippen LogP contribution >= 0.6 is 0 Å². The van der Waals surface area contributed by atoms with E-state index in [1.807, 2.05) is 16.7 Å². The molecule has 22 heavy (non-hydrogen) atoms. The summed E-state index contributed by atoms with van der Waals surface area (Å²) in [5, 5.41) is 28.0. The molecule has 0 saturated heterocycles. The lowest BCUT2D eigenvalue weighted by Gasteiger charge is -2.27. The van der Waals surface area contributed by atoms with Gasteiger partial charge in [-0.05, 0) is 12.1 Å². The molecule has 1 N–H and O–H groups in total. The van der Waals surface area contributed by atoms with E-state index in [4.69, 9.17) is 5.11 Å². The number of nitriles is 2. The van der Waals surface area contributed by atoms with Crippen LogP contribution in [0.4, 0.5) is 4.79 Å². The van der Waals surface area contributed by atoms with Gasteiger partial charge in [0.25, 0.3) is 0 Å². The van der Waals surface area contributed by atoms with E-state index in [-0.39, 0.29) is 17.7 Å². The molecule has 1 amide bonds. The van der Waals surface area contributed by atoms with Crippen LogP contribution in [0.3, 0.4) is 0 Å². The SMILES string of the molecule is N#Cc1c(C#N)c(-c2cccnc2)n2c1CN(C(=O)O)CC2. The molecule has 3 rings (SSSR count). The first-order valence-corrected chi connectivity index (χ1v) is 6.61. The maximum absolute atomic E-state index is 11.2. The number of carboxylic acid groups (broad SMARTS) is 1. The summed E-state index contributed by atoms with van der Waals surface area (Å²) in [6, 6.07) is 7.70. The zero-order valence-electron chi connectivity index (χ0n) is 11.5. The number of pyridine rings is 1. The van der Waals surface area contributed by atoms with E-state index < -0.39 is 6.09 Å². The lowest BCUT2D eigenvalue weighted by molar-refractivity contribution is 0.133. The van der Waals surface area contributed by atoms with Crippen LogP contribution < -0.4 is 0 Å². The van der Waals surface area contributed by atoms with Crippen molar-refractivity contribution in [1.29, 1.82) is 10.5 Å². The van der Waals surface area contributed by atoms with Gasteiger partial charge in [0.15, 0.2) is 0 Å². The highest BCUT2D eigenvalue weighted by Crippen LogP contribution is 2.33. The van der Waals surface area contributed by atoms with Crippen LogP contribution in [0, 0.1) is 22.7 Å². The third kappa shape index (κ3) is 1.97. The summed E-state index contributed by atoms with van der Waals surface area (Å²) >= 11 is 0. The molecule has 7 nitrogen and oxygen atoms in total. The Morgan fingerprint density at radius 3 is 2.64 bits per heavy atom. The second-order valence-electron chi connectivity index (χ2n) is 4.87. The first kappa shape index (κ1) is 13.7. The molecule has 0 spiro atoms. The maximum atomic E-state index is 11.2. The summed E-state index contributed by atoms with van der Waals surface area (Å²) in [5.74, 6) is 0. The van der Waals surface area contributed by atoms with Crippen LogP contribution in [-0.4, -0.2) is 32.2 Å². The fourth-order valence-corrected chi connectivity index (χ4v) is 2.75. The van der Waals surface area contributed by atoms with Crippen LogP contribution in [-0.2, 0) is 13.1 Å². The minimum Gasteiger partial charge on any atom is -0.465 e. The van der Waals surface area contributed by atoms with E-state index >= 15 is 0 Å². The molecule has 0 atom stereocenters. The molecule has 2 aromatic heterocycles. The van der Waals surface area contributed by atoms with Gasteiger partial charge in [-0.1, -0.05) is 0 Å². The fourth-order valence-electron chi connectivity index (χ4n) is 2.75. The number of hydrogen-bond donors (Lipinski definition) is 1. The second kappa shape index (κ2) is 5.23.